The van der Waals surface area contributed by atoms with Gasteiger partial charge in [0.25, 0.3) is 5.90 Å². The molecule has 2 saturated heterocycles. The summed E-state index contributed by atoms with van der Waals surface area (Å²) in [7, 11) is 0. The van der Waals surface area contributed by atoms with E-state index in [4.69, 9.17) is 52.1 Å². The van der Waals surface area contributed by atoms with Crippen LogP contribution in [0.1, 0.15) is 43.0 Å². The molecule has 2 aliphatic rings. The fraction of sp³-hybridized carbons (Fsp3) is 0.370. The first-order chi connectivity index (χ1) is 34.8. The van der Waals surface area contributed by atoms with Gasteiger partial charge in [-0.25, -0.2) is 4.99 Å². The van der Waals surface area contributed by atoms with Crippen molar-refractivity contribution in [2.24, 2.45) is 4.99 Å². The zero-order valence-electron chi connectivity index (χ0n) is 39.7. The molecule has 18 heteroatoms. The van der Waals surface area contributed by atoms with E-state index in [0.29, 0.717) is 0 Å². The minimum absolute atomic E-state index is 0.00313. The van der Waals surface area contributed by atoms with Crippen molar-refractivity contribution < 1.29 is 79.7 Å². The molecule has 0 saturated carbocycles. The maximum atomic E-state index is 14.9. The number of rotatable bonds is 21. The lowest BCUT2D eigenvalue weighted by atomic mass is 9.95. The molecule has 0 aromatic heterocycles. The number of alkyl halides is 3. The van der Waals surface area contributed by atoms with Crippen molar-refractivity contribution in [1.82, 2.24) is 0 Å². The lowest BCUT2D eigenvalue weighted by Crippen LogP contribution is -2.67. The summed E-state index contributed by atoms with van der Waals surface area (Å²) in [5.74, 6) is -4.30. The number of hydrogen-bond donors (Lipinski definition) is 0. The number of benzene rings is 5. The minimum Gasteiger partial charge on any atom is -0.463 e. The molecule has 2 fully saturated rings. The number of aliphatic imine (C=N–C) groups is 1. The summed E-state index contributed by atoms with van der Waals surface area (Å²) in [6.07, 6.45) is -20.1. The first kappa shape index (κ1) is 53.3. The standard InChI is InChI=1S/C54H56F3NO14/c1-35(59)63-34-44-45(64-30-39-21-11-5-12-22-39)47(65-31-40-23-13-6-14-24-40)49(66-32-41-25-15-7-16-26-41)51(70-44)71-46-43(33-62-29-38-19-9-4-10-20-38)69-52(50(68-37(3)61)48(46)67-36(2)60)72-53(54(55,56)57)58-42-27-17-8-18-28-42/h4-28,43-52H,29-34H2,1-3H3/t43-,44-,45-,46+,47+,48+,49-,50-,51-,52+/m1/s1. The quantitative estimate of drug-likeness (QED) is 0.0297. The van der Waals surface area contributed by atoms with Crippen LogP contribution < -0.4 is 0 Å². The van der Waals surface area contributed by atoms with Gasteiger partial charge < -0.3 is 52.1 Å². The first-order valence-corrected chi connectivity index (χ1v) is 23.2. The zero-order chi connectivity index (χ0) is 50.9. The van der Waals surface area contributed by atoms with E-state index in [9.17, 15) is 27.6 Å². The van der Waals surface area contributed by atoms with Crippen LogP contribution in [0.4, 0.5) is 18.9 Å². The Morgan fingerprint density at radius 3 is 1.39 bits per heavy atom. The van der Waals surface area contributed by atoms with E-state index in [0.717, 1.165) is 36.1 Å². The van der Waals surface area contributed by atoms with Crippen molar-refractivity contribution in [3.8, 4) is 0 Å². The van der Waals surface area contributed by atoms with Gasteiger partial charge >= 0.3 is 24.1 Å². The molecular formula is C54H56F3NO14. The number of carbonyl (C=O) groups excluding carboxylic acids is 3. The molecule has 0 radical (unpaired) electrons. The number of nitrogens with zero attached hydrogens (tertiary/aromatic N) is 1. The maximum Gasteiger partial charge on any atom is 0.468 e. The van der Waals surface area contributed by atoms with E-state index in [1.807, 2.05) is 97.1 Å². The number of ether oxygens (including phenoxy) is 11. The van der Waals surface area contributed by atoms with Crippen LogP contribution in [0.15, 0.2) is 157 Å². The molecule has 382 valence electrons. The molecule has 5 aromatic carbocycles. The molecule has 0 unspecified atom stereocenters. The highest BCUT2D eigenvalue weighted by Gasteiger charge is 2.57. The van der Waals surface area contributed by atoms with Gasteiger partial charge in [-0.05, 0) is 34.4 Å². The van der Waals surface area contributed by atoms with Gasteiger partial charge in [0.1, 0.15) is 43.2 Å². The number of carbonyl (C=O) groups is 3. The molecule has 0 bridgehead atoms. The van der Waals surface area contributed by atoms with Crippen molar-refractivity contribution >= 4 is 29.5 Å². The van der Waals surface area contributed by atoms with Crippen LogP contribution in [0.2, 0.25) is 0 Å². The van der Waals surface area contributed by atoms with Crippen LogP contribution in [-0.4, -0.2) is 105 Å². The third kappa shape index (κ3) is 15.7. The van der Waals surface area contributed by atoms with E-state index >= 15 is 0 Å². The zero-order valence-corrected chi connectivity index (χ0v) is 39.7. The average Bonchev–Trinajstić information content (AvgIpc) is 3.37. The van der Waals surface area contributed by atoms with Crippen molar-refractivity contribution in [3.05, 3.63) is 174 Å². The topological polar surface area (TPSA) is 165 Å². The average molecular weight is 1000 g/mol. The maximum absolute atomic E-state index is 14.9. The highest BCUT2D eigenvalue weighted by Crippen LogP contribution is 2.37. The van der Waals surface area contributed by atoms with Crippen LogP contribution in [0.3, 0.4) is 0 Å². The molecule has 10 atom stereocenters. The molecule has 0 N–H and O–H groups in total. The monoisotopic (exact) mass is 999 g/mol. The highest BCUT2D eigenvalue weighted by atomic mass is 19.4. The van der Waals surface area contributed by atoms with Crippen molar-refractivity contribution in [3.63, 3.8) is 0 Å². The lowest BCUT2D eigenvalue weighted by Gasteiger charge is -2.49. The molecule has 7 rings (SSSR count). The predicted molar refractivity (Wildman–Crippen MR) is 252 cm³/mol. The van der Waals surface area contributed by atoms with Gasteiger partial charge in [-0.1, -0.05) is 140 Å². The van der Waals surface area contributed by atoms with Gasteiger partial charge in [0.2, 0.25) is 12.4 Å². The van der Waals surface area contributed by atoms with Crippen LogP contribution in [0.5, 0.6) is 0 Å². The summed E-state index contributed by atoms with van der Waals surface area (Å²) in [5.41, 5.74) is 2.97. The van der Waals surface area contributed by atoms with Crippen molar-refractivity contribution in [2.75, 3.05) is 13.2 Å². The van der Waals surface area contributed by atoms with E-state index in [-0.39, 0.29) is 38.7 Å². The van der Waals surface area contributed by atoms with Crippen molar-refractivity contribution in [2.45, 2.75) is 115 Å². The minimum atomic E-state index is -5.20. The van der Waals surface area contributed by atoms with Gasteiger partial charge in [0, 0.05) is 20.8 Å². The van der Waals surface area contributed by atoms with Gasteiger partial charge in [0.15, 0.2) is 12.4 Å². The summed E-state index contributed by atoms with van der Waals surface area (Å²) < 4.78 is 114. The van der Waals surface area contributed by atoms with Gasteiger partial charge in [-0.2, -0.15) is 13.2 Å². The molecule has 2 aliphatic heterocycles. The van der Waals surface area contributed by atoms with Crippen LogP contribution >= 0.6 is 0 Å². The fourth-order valence-corrected chi connectivity index (χ4v) is 8.01. The van der Waals surface area contributed by atoms with Crippen LogP contribution in [0, 0.1) is 0 Å². The van der Waals surface area contributed by atoms with Crippen molar-refractivity contribution in [1.29, 1.82) is 0 Å². The Bertz CT molecular complexity index is 2470. The number of para-hydroxylation sites is 1. The van der Waals surface area contributed by atoms with E-state index in [2.05, 4.69) is 4.99 Å². The molecular weight excluding hydrogens is 944 g/mol. The second kappa shape index (κ2) is 26.3. The number of halogens is 3. The lowest BCUT2D eigenvalue weighted by molar-refractivity contribution is -0.367. The smallest absolute Gasteiger partial charge is 0.463 e. The molecule has 15 nitrogen and oxygen atoms in total. The molecule has 0 aliphatic carbocycles. The third-order valence-electron chi connectivity index (χ3n) is 11.2. The summed E-state index contributed by atoms with van der Waals surface area (Å²) in [5, 5.41) is 0. The Balaban J connectivity index is 1.32. The Kier molecular flexibility index (Phi) is 19.4. The summed E-state index contributed by atoms with van der Waals surface area (Å²) in [6, 6.07) is 44.1. The molecule has 2 heterocycles. The number of esters is 3. The Morgan fingerprint density at radius 1 is 0.472 bits per heavy atom. The summed E-state index contributed by atoms with van der Waals surface area (Å²) >= 11 is 0. The van der Waals surface area contributed by atoms with Gasteiger partial charge in [0.05, 0.1) is 38.7 Å². The van der Waals surface area contributed by atoms with E-state index < -0.39 is 98.0 Å². The van der Waals surface area contributed by atoms with Gasteiger partial charge in [-0.3, -0.25) is 14.4 Å². The second-order valence-corrected chi connectivity index (χ2v) is 16.8. The third-order valence-corrected chi connectivity index (χ3v) is 11.2. The van der Waals surface area contributed by atoms with Crippen LogP contribution in [0.25, 0.3) is 0 Å². The molecule has 0 amide bonds. The SMILES string of the molecule is CC(=O)OC[C@H]1O[C@H](O[C@@H]2[C@H](OC(C)=O)[C@@H](OC(C)=O)[C@H](OC(=Nc3ccccc3)C(F)(F)F)O[C@@H]2COCc2ccccc2)[C@H](OCc2ccccc2)[C@@H](OCc2ccccc2)[C@@H]1OCc1ccccc1. The van der Waals surface area contributed by atoms with Gasteiger partial charge in [-0.15, -0.1) is 0 Å². The second-order valence-electron chi connectivity index (χ2n) is 16.8. The molecule has 0 spiro atoms. The highest BCUT2D eigenvalue weighted by molar-refractivity contribution is 5.84. The Morgan fingerprint density at radius 2 is 0.903 bits per heavy atom. The predicted octanol–water partition coefficient (Wildman–Crippen LogP) is 8.53. The van der Waals surface area contributed by atoms with Crippen LogP contribution in [-0.2, 0) is 92.9 Å². The largest absolute Gasteiger partial charge is 0.468 e. The Hall–Kier alpha value is -6.51. The molecule has 5 aromatic rings. The van der Waals surface area contributed by atoms with E-state index in [1.54, 1.807) is 30.3 Å². The Labute approximate surface area is 415 Å². The number of hydrogen-bond acceptors (Lipinski definition) is 15. The fourth-order valence-electron chi connectivity index (χ4n) is 8.01. The molecule has 72 heavy (non-hydrogen) atoms. The normalized spacial score (nSPS) is 24.4. The summed E-state index contributed by atoms with van der Waals surface area (Å²) in [6.45, 7) is 2.60. The van der Waals surface area contributed by atoms with E-state index in [1.165, 1.54) is 31.2 Å². The summed E-state index contributed by atoms with van der Waals surface area (Å²) in [4.78, 5) is 42.3. The first-order valence-electron chi connectivity index (χ1n) is 23.2.